The molecule has 0 radical (unpaired) electrons. The van der Waals surface area contributed by atoms with Crippen LogP contribution in [0.15, 0.2) is 24.3 Å². The molecule has 0 bridgehead atoms. The molecule has 9 heteroatoms. The van der Waals surface area contributed by atoms with E-state index in [1.54, 1.807) is 6.08 Å². The fourth-order valence-electron chi connectivity index (χ4n) is 7.21. The third kappa shape index (κ3) is 43.1. The summed E-state index contributed by atoms with van der Waals surface area (Å²) >= 11 is 0. The van der Waals surface area contributed by atoms with Gasteiger partial charge < -0.3 is 28.8 Å². The lowest BCUT2D eigenvalue weighted by molar-refractivity contribution is -0.870. The van der Waals surface area contributed by atoms with Crippen molar-refractivity contribution in [2.45, 2.75) is 244 Å². The number of unbranched alkanes of at least 4 members (excludes halogenated alkanes) is 30. The van der Waals surface area contributed by atoms with Crippen LogP contribution in [-0.2, 0) is 18.4 Å². The van der Waals surface area contributed by atoms with Crippen molar-refractivity contribution in [3.8, 4) is 0 Å². The number of aliphatic hydroxyl groups excluding tert-OH is 1. The Bertz CT molecular complexity index is 1000. The number of phosphoric ester groups is 1. The predicted octanol–water partition coefficient (Wildman–Crippen LogP) is 13.5. The molecule has 0 aromatic carbocycles. The third-order valence-corrected chi connectivity index (χ3v) is 12.1. The number of quaternary nitrogens is 1. The van der Waals surface area contributed by atoms with Crippen LogP contribution in [0.3, 0.4) is 0 Å². The summed E-state index contributed by atoms with van der Waals surface area (Å²) in [6, 6.07) is -0.884. The van der Waals surface area contributed by atoms with Crippen molar-refractivity contribution in [2.75, 3.05) is 40.9 Å². The standard InChI is InChI=1S/C49H97N2O6P/c1-6-8-10-12-14-16-18-20-22-24-25-27-29-31-33-35-37-39-41-43-49(53)50-47(46-57-58(54,55)56-45-44-51(3,4)5)48(52)42-40-38-36-34-32-30-28-26-23-21-19-17-15-13-11-9-7-2/h20,22,40,42,47-48,52H,6-19,21,23-39,41,43-46H2,1-5H3,(H-,50,53,54,55)/b22-20+,42-40+/t47-,48+/m0/s1. The SMILES string of the molecule is CCCCCCCC/C=C/CCCCCCCCCCCC(=O)N[C@@H](COP(=O)([O-])OCC[N+](C)(C)C)[C@H](O)/C=C/CCCCCCCCCCCCCCCCC. The maximum Gasteiger partial charge on any atom is 0.268 e. The van der Waals surface area contributed by atoms with E-state index in [0.29, 0.717) is 17.4 Å². The maximum absolute atomic E-state index is 12.9. The second kappa shape index (κ2) is 41.3. The topological polar surface area (TPSA) is 108 Å². The number of hydrogen-bond acceptors (Lipinski definition) is 6. The van der Waals surface area contributed by atoms with E-state index >= 15 is 0 Å². The first-order valence-electron chi connectivity index (χ1n) is 24.7. The van der Waals surface area contributed by atoms with Crippen LogP contribution in [0.4, 0.5) is 0 Å². The van der Waals surface area contributed by atoms with Crippen molar-refractivity contribution in [1.29, 1.82) is 0 Å². The van der Waals surface area contributed by atoms with E-state index in [0.717, 1.165) is 38.5 Å². The van der Waals surface area contributed by atoms with E-state index in [1.807, 2.05) is 27.2 Å². The van der Waals surface area contributed by atoms with Gasteiger partial charge in [-0.2, -0.15) is 0 Å². The Hall–Kier alpha value is -1.02. The van der Waals surface area contributed by atoms with Crippen LogP contribution in [0.5, 0.6) is 0 Å². The van der Waals surface area contributed by atoms with Gasteiger partial charge >= 0.3 is 0 Å². The van der Waals surface area contributed by atoms with Gasteiger partial charge in [-0.3, -0.25) is 9.36 Å². The average molecular weight is 841 g/mol. The van der Waals surface area contributed by atoms with Gasteiger partial charge in [-0.15, -0.1) is 0 Å². The first-order chi connectivity index (χ1) is 28.0. The molecule has 2 N–H and O–H groups in total. The molecule has 8 nitrogen and oxygen atoms in total. The number of hydrogen-bond donors (Lipinski definition) is 2. The van der Waals surface area contributed by atoms with E-state index in [4.69, 9.17) is 9.05 Å². The van der Waals surface area contributed by atoms with E-state index in [1.165, 1.54) is 173 Å². The van der Waals surface area contributed by atoms with Gasteiger partial charge in [-0.1, -0.05) is 205 Å². The quantitative estimate of drug-likeness (QED) is 0.0274. The van der Waals surface area contributed by atoms with Crippen molar-refractivity contribution >= 4 is 13.7 Å². The van der Waals surface area contributed by atoms with Crippen LogP contribution >= 0.6 is 7.82 Å². The fraction of sp³-hybridized carbons (Fsp3) is 0.898. The molecule has 0 heterocycles. The second-order valence-electron chi connectivity index (χ2n) is 18.2. The molecule has 58 heavy (non-hydrogen) atoms. The number of phosphoric acid groups is 1. The van der Waals surface area contributed by atoms with Crippen LogP contribution in [0, 0.1) is 0 Å². The summed E-state index contributed by atoms with van der Waals surface area (Å²) in [6.45, 7) is 4.66. The molecule has 1 unspecified atom stereocenters. The molecule has 3 atom stereocenters. The number of amides is 1. The predicted molar refractivity (Wildman–Crippen MR) is 247 cm³/mol. The zero-order chi connectivity index (χ0) is 42.8. The lowest BCUT2D eigenvalue weighted by atomic mass is 10.0. The van der Waals surface area contributed by atoms with Gasteiger partial charge in [0.05, 0.1) is 39.9 Å². The Kier molecular flexibility index (Phi) is 40.6. The van der Waals surface area contributed by atoms with Gasteiger partial charge in [0.2, 0.25) is 5.91 Å². The molecule has 0 rings (SSSR count). The summed E-state index contributed by atoms with van der Waals surface area (Å²) in [5.41, 5.74) is 0. The molecule has 0 spiro atoms. The Morgan fingerprint density at radius 1 is 0.586 bits per heavy atom. The van der Waals surface area contributed by atoms with E-state index in [9.17, 15) is 19.4 Å². The molecule has 0 aromatic heterocycles. The lowest BCUT2D eigenvalue weighted by Crippen LogP contribution is -2.45. The van der Waals surface area contributed by atoms with Gasteiger partial charge in [0.25, 0.3) is 7.82 Å². The highest BCUT2D eigenvalue weighted by Gasteiger charge is 2.23. The number of nitrogens with one attached hydrogen (secondary N) is 1. The van der Waals surface area contributed by atoms with Crippen molar-refractivity contribution in [3.05, 3.63) is 24.3 Å². The molecule has 0 aliphatic rings. The van der Waals surface area contributed by atoms with Crippen LogP contribution in [0.2, 0.25) is 0 Å². The molecule has 1 amide bonds. The highest BCUT2D eigenvalue weighted by atomic mass is 31.2. The highest BCUT2D eigenvalue weighted by molar-refractivity contribution is 7.45. The molecule has 0 saturated carbocycles. The Morgan fingerprint density at radius 2 is 0.948 bits per heavy atom. The van der Waals surface area contributed by atoms with E-state index in [2.05, 4.69) is 31.3 Å². The van der Waals surface area contributed by atoms with Gasteiger partial charge in [0.15, 0.2) is 0 Å². The number of nitrogens with zero attached hydrogens (tertiary/aromatic N) is 1. The van der Waals surface area contributed by atoms with Gasteiger partial charge in [0, 0.05) is 6.42 Å². The molecular weight excluding hydrogens is 744 g/mol. The van der Waals surface area contributed by atoms with Crippen molar-refractivity contribution < 1.29 is 32.9 Å². The zero-order valence-corrected chi connectivity index (χ0v) is 39.9. The smallest absolute Gasteiger partial charge is 0.268 e. The van der Waals surface area contributed by atoms with Gasteiger partial charge in [-0.25, -0.2) is 0 Å². The summed E-state index contributed by atoms with van der Waals surface area (Å²) in [7, 11) is 1.27. The highest BCUT2D eigenvalue weighted by Crippen LogP contribution is 2.38. The monoisotopic (exact) mass is 841 g/mol. The molecule has 0 aliphatic carbocycles. The lowest BCUT2D eigenvalue weighted by Gasteiger charge is -2.29. The van der Waals surface area contributed by atoms with Crippen LogP contribution in [0.25, 0.3) is 0 Å². The number of carbonyl (C=O) groups excluding carboxylic acids is 1. The van der Waals surface area contributed by atoms with Crippen LogP contribution in [-0.4, -0.2) is 68.5 Å². The number of aliphatic hydroxyl groups is 1. The molecule has 344 valence electrons. The summed E-state index contributed by atoms with van der Waals surface area (Å²) in [6.07, 6.45) is 49.3. The second-order valence-corrected chi connectivity index (χ2v) is 19.6. The summed E-state index contributed by atoms with van der Waals surface area (Å²) in [5.74, 6) is -0.198. The first-order valence-corrected chi connectivity index (χ1v) is 26.2. The number of carbonyl (C=O) groups is 1. The largest absolute Gasteiger partial charge is 0.756 e. The zero-order valence-electron chi connectivity index (χ0n) is 39.0. The fourth-order valence-corrected chi connectivity index (χ4v) is 7.93. The number of likely N-dealkylation sites (N-methyl/N-ethyl adjacent to an activating group) is 1. The molecule has 0 fully saturated rings. The molecule has 0 aromatic rings. The van der Waals surface area contributed by atoms with Crippen molar-refractivity contribution in [2.24, 2.45) is 0 Å². The van der Waals surface area contributed by atoms with Crippen LogP contribution < -0.4 is 10.2 Å². The van der Waals surface area contributed by atoms with E-state index < -0.39 is 20.0 Å². The Balaban J connectivity index is 4.34. The Morgan fingerprint density at radius 3 is 1.34 bits per heavy atom. The molecular formula is C49H97N2O6P. The van der Waals surface area contributed by atoms with E-state index in [-0.39, 0.29) is 19.1 Å². The number of allylic oxidation sites excluding steroid dienone is 3. The number of rotatable bonds is 45. The maximum atomic E-state index is 12.9. The van der Waals surface area contributed by atoms with Gasteiger partial charge in [0.1, 0.15) is 13.2 Å². The minimum atomic E-state index is -4.59. The first kappa shape index (κ1) is 57.0. The average Bonchev–Trinajstić information content (AvgIpc) is 3.17. The Labute approximate surface area is 360 Å². The summed E-state index contributed by atoms with van der Waals surface area (Å²) in [5, 5.41) is 13.8. The van der Waals surface area contributed by atoms with Crippen molar-refractivity contribution in [1.82, 2.24) is 5.32 Å². The third-order valence-electron chi connectivity index (χ3n) is 11.2. The molecule has 0 saturated heterocycles. The molecule has 0 aliphatic heterocycles. The van der Waals surface area contributed by atoms with Crippen LogP contribution in [0.1, 0.15) is 232 Å². The minimum absolute atomic E-state index is 0.0000121. The summed E-state index contributed by atoms with van der Waals surface area (Å²) in [4.78, 5) is 25.4. The van der Waals surface area contributed by atoms with Crippen molar-refractivity contribution in [3.63, 3.8) is 0 Å². The summed E-state index contributed by atoms with van der Waals surface area (Å²) < 4.78 is 23.3. The van der Waals surface area contributed by atoms with Gasteiger partial charge in [-0.05, 0) is 44.9 Å². The minimum Gasteiger partial charge on any atom is -0.756 e. The normalized spacial score (nSPS) is 14.4.